The average Bonchev–Trinajstić information content (AvgIpc) is 2.69. The molecule has 1 aliphatic heterocycles. The molecule has 1 aromatic carbocycles. The highest BCUT2D eigenvalue weighted by atomic mass is 127. The molecule has 0 spiro atoms. The van der Waals surface area contributed by atoms with E-state index in [0.29, 0.717) is 13.2 Å². The fraction of sp³-hybridized carbons (Fsp3) is 0.600. The van der Waals surface area contributed by atoms with Crippen LogP contribution < -0.4 is 5.32 Å². The number of benzene rings is 1. The molecule has 1 aliphatic rings. The van der Waals surface area contributed by atoms with Gasteiger partial charge in [-0.1, -0.05) is 60.2 Å². The Morgan fingerprint density at radius 2 is 1.74 bits per heavy atom. The van der Waals surface area contributed by atoms with Gasteiger partial charge >= 0.3 is 0 Å². The number of fused-ring (bicyclic) bond motifs is 1. The molecule has 19 heavy (non-hydrogen) atoms. The van der Waals surface area contributed by atoms with Gasteiger partial charge in [0.1, 0.15) is 0 Å². The molecule has 0 atom stereocenters. The van der Waals surface area contributed by atoms with E-state index in [9.17, 15) is 0 Å². The lowest BCUT2D eigenvalue weighted by molar-refractivity contribution is -0.145. The zero-order valence-corrected chi connectivity index (χ0v) is 14.0. The third kappa shape index (κ3) is 6.21. The average molecular weight is 377 g/mol. The van der Waals surface area contributed by atoms with Gasteiger partial charge in [0.2, 0.25) is 0 Å². The molecule has 0 bridgehead atoms. The smallest absolute Gasteiger partial charge is 0.170 e. The summed E-state index contributed by atoms with van der Waals surface area (Å²) in [5.41, 5.74) is 2.48. The second-order valence-electron chi connectivity index (χ2n) is 4.38. The highest BCUT2D eigenvalue weighted by Gasteiger charge is 2.15. The number of hydrogen-bond acceptors (Lipinski definition) is 3. The van der Waals surface area contributed by atoms with E-state index in [1.54, 1.807) is 0 Å². The summed E-state index contributed by atoms with van der Waals surface area (Å²) >= 11 is 2.15. The van der Waals surface area contributed by atoms with E-state index in [0.717, 1.165) is 13.1 Å². The molecule has 108 valence electrons. The number of rotatable bonds is 5. The standard InChI is InChI=1S/C14H21NO2.CH3I/c1-2-3-8-15-9-14-16-10-12-6-4-5-7-13(12)11-17-14;1-2/h4-7,14-15H,2-3,8-11H2,1H3;1H3. The van der Waals surface area contributed by atoms with Crippen LogP contribution in [0.1, 0.15) is 30.9 Å². The molecular formula is C15H24INO2. The third-order valence-electron chi connectivity index (χ3n) is 2.99. The Hall–Kier alpha value is -0.170. The lowest BCUT2D eigenvalue weighted by Crippen LogP contribution is -2.30. The molecule has 0 radical (unpaired) electrons. The number of hydrogen-bond donors (Lipinski definition) is 1. The first kappa shape index (κ1) is 16.9. The predicted octanol–water partition coefficient (Wildman–Crippen LogP) is 3.50. The SMILES string of the molecule is CCCCNCC1OCc2ccccc2CO1.CI. The summed E-state index contributed by atoms with van der Waals surface area (Å²) in [6, 6.07) is 8.29. The van der Waals surface area contributed by atoms with Gasteiger partial charge in [-0.15, -0.1) is 0 Å². The van der Waals surface area contributed by atoms with Crippen LogP contribution in [-0.4, -0.2) is 24.3 Å². The van der Waals surface area contributed by atoms with E-state index < -0.39 is 0 Å². The van der Waals surface area contributed by atoms with Crippen LogP contribution in [0.4, 0.5) is 0 Å². The molecule has 3 nitrogen and oxygen atoms in total. The van der Waals surface area contributed by atoms with Gasteiger partial charge in [-0.25, -0.2) is 0 Å². The monoisotopic (exact) mass is 377 g/mol. The Morgan fingerprint density at radius 1 is 1.16 bits per heavy atom. The maximum atomic E-state index is 5.72. The maximum absolute atomic E-state index is 5.72. The summed E-state index contributed by atoms with van der Waals surface area (Å²) in [5, 5.41) is 3.36. The molecule has 0 saturated heterocycles. The molecule has 1 heterocycles. The first-order valence-electron chi connectivity index (χ1n) is 6.78. The van der Waals surface area contributed by atoms with E-state index in [2.05, 4.69) is 47.0 Å². The van der Waals surface area contributed by atoms with Crippen LogP contribution in [0.15, 0.2) is 24.3 Å². The number of nitrogens with one attached hydrogen (secondary N) is 1. The Kier molecular flexibility index (Phi) is 9.42. The highest BCUT2D eigenvalue weighted by Crippen LogP contribution is 2.17. The van der Waals surface area contributed by atoms with Crippen molar-refractivity contribution in [1.29, 1.82) is 0 Å². The highest BCUT2D eigenvalue weighted by molar-refractivity contribution is 14.1. The molecule has 0 unspecified atom stereocenters. The molecule has 0 saturated carbocycles. The van der Waals surface area contributed by atoms with Crippen molar-refractivity contribution in [2.75, 3.05) is 18.0 Å². The van der Waals surface area contributed by atoms with Gasteiger partial charge < -0.3 is 14.8 Å². The van der Waals surface area contributed by atoms with Gasteiger partial charge in [-0.3, -0.25) is 0 Å². The number of ether oxygens (including phenoxy) is 2. The third-order valence-corrected chi connectivity index (χ3v) is 2.99. The number of halogens is 1. The van der Waals surface area contributed by atoms with Gasteiger partial charge in [0.25, 0.3) is 0 Å². The maximum Gasteiger partial charge on any atom is 0.170 e. The zero-order chi connectivity index (χ0) is 13.9. The van der Waals surface area contributed by atoms with Crippen molar-refractivity contribution in [3.8, 4) is 0 Å². The Morgan fingerprint density at radius 3 is 2.26 bits per heavy atom. The van der Waals surface area contributed by atoms with Crippen LogP contribution >= 0.6 is 22.6 Å². The van der Waals surface area contributed by atoms with Crippen molar-refractivity contribution in [2.45, 2.75) is 39.3 Å². The summed E-state index contributed by atoms with van der Waals surface area (Å²) in [6.07, 6.45) is 2.29. The molecule has 0 fully saturated rings. The minimum absolute atomic E-state index is 0.126. The number of alkyl halides is 1. The van der Waals surface area contributed by atoms with Crippen LogP contribution in [0.25, 0.3) is 0 Å². The van der Waals surface area contributed by atoms with E-state index >= 15 is 0 Å². The Bertz CT molecular complexity index is 320. The molecular weight excluding hydrogens is 353 g/mol. The van der Waals surface area contributed by atoms with Crippen molar-refractivity contribution in [1.82, 2.24) is 5.32 Å². The summed E-state index contributed by atoms with van der Waals surface area (Å²) in [5.74, 6) is 0. The minimum atomic E-state index is -0.126. The Balaban J connectivity index is 0.000000861. The van der Waals surface area contributed by atoms with Gasteiger partial charge in [0, 0.05) is 6.54 Å². The fourth-order valence-corrected chi connectivity index (χ4v) is 1.89. The second kappa shape index (κ2) is 10.6. The first-order chi connectivity index (χ1) is 9.40. The zero-order valence-electron chi connectivity index (χ0n) is 11.8. The summed E-state index contributed by atoms with van der Waals surface area (Å²) in [4.78, 5) is 1.97. The van der Waals surface area contributed by atoms with Crippen LogP contribution in [-0.2, 0) is 22.7 Å². The van der Waals surface area contributed by atoms with E-state index in [1.807, 2.05) is 17.1 Å². The van der Waals surface area contributed by atoms with Crippen molar-refractivity contribution in [3.05, 3.63) is 35.4 Å². The van der Waals surface area contributed by atoms with Crippen LogP contribution in [0, 0.1) is 0 Å². The lowest BCUT2D eigenvalue weighted by Gasteiger charge is -2.15. The van der Waals surface area contributed by atoms with Crippen molar-refractivity contribution >= 4 is 22.6 Å². The second-order valence-corrected chi connectivity index (χ2v) is 4.38. The van der Waals surface area contributed by atoms with Crippen molar-refractivity contribution in [2.24, 2.45) is 0 Å². The molecule has 4 heteroatoms. The minimum Gasteiger partial charge on any atom is -0.347 e. The topological polar surface area (TPSA) is 30.5 Å². The first-order valence-corrected chi connectivity index (χ1v) is 8.94. The van der Waals surface area contributed by atoms with E-state index in [4.69, 9.17) is 9.47 Å². The fourth-order valence-electron chi connectivity index (χ4n) is 1.89. The largest absolute Gasteiger partial charge is 0.347 e. The summed E-state index contributed by atoms with van der Waals surface area (Å²) in [6.45, 7) is 5.30. The van der Waals surface area contributed by atoms with Crippen LogP contribution in [0.3, 0.4) is 0 Å². The molecule has 1 aromatic rings. The molecule has 0 aliphatic carbocycles. The molecule has 0 amide bonds. The van der Waals surface area contributed by atoms with E-state index in [1.165, 1.54) is 24.0 Å². The van der Waals surface area contributed by atoms with Crippen molar-refractivity contribution < 1.29 is 9.47 Å². The molecule has 2 rings (SSSR count). The molecule has 1 N–H and O–H groups in total. The Labute approximate surface area is 130 Å². The summed E-state index contributed by atoms with van der Waals surface area (Å²) < 4.78 is 11.4. The normalized spacial score (nSPS) is 15.1. The van der Waals surface area contributed by atoms with Gasteiger partial charge in [0.15, 0.2) is 6.29 Å². The van der Waals surface area contributed by atoms with E-state index in [-0.39, 0.29) is 6.29 Å². The van der Waals surface area contributed by atoms with Crippen LogP contribution in [0.2, 0.25) is 0 Å². The lowest BCUT2D eigenvalue weighted by atomic mass is 10.1. The summed E-state index contributed by atoms with van der Waals surface area (Å²) in [7, 11) is 0. The van der Waals surface area contributed by atoms with Gasteiger partial charge in [-0.05, 0) is 29.0 Å². The van der Waals surface area contributed by atoms with Crippen molar-refractivity contribution in [3.63, 3.8) is 0 Å². The quantitative estimate of drug-likeness (QED) is 0.484. The van der Waals surface area contributed by atoms with Gasteiger partial charge in [0.05, 0.1) is 13.2 Å². The predicted molar refractivity (Wildman–Crippen MR) is 87.5 cm³/mol. The number of unbranched alkanes of at least 4 members (excludes halogenated alkanes) is 1. The van der Waals surface area contributed by atoms with Gasteiger partial charge in [-0.2, -0.15) is 0 Å². The van der Waals surface area contributed by atoms with Crippen LogP contribution in [0.5, 0.6) is 0 Å². The molecule has 0 aromatic heterocycles.